The monoisotopic (exact) mass is 831 g/mol. The summed E-state index contributed by atoms with van der Waals surface area (Å²) in [4.78, 5) is 0. The number of hydrogen-bond acceptors (Lipinski definition) is 0. The normalized spacial score (nSPS) is 12.1. The van der Waals surface area contributed by atoms with Crippen LogP contribution in [-0.2, 0) is 0 Å². The van der Waals surface area contributed by atoms with E-state index in [1.165, 1.54) is 86.2 Å². The molecule has 0 bridgehead atoms. The largest absolute Gasteiger partial charge is 0.309 e. The fourth-order valence-electron chi connectivity index (χ4n) is 11.0. The molecule has 0 spiro atoms. The van der Waals surface area contributed by atoms with E-state index >= 15 is 0 Å². The number of hydrogen-bond donors (Lipinski definition) is 0. The van der Waals surface area contributed by atoms with E-state index in [9.17, 15) is 0 Å². The molecule has 0 radical (unpaired) electrons. The van der Waals surface area contributed by atoms with Gasteiger partial charge in [-0.25, -0.2) is 0 Å². The molecule has 0 aliphatic carbocycles. The first-order chi connectivity index (χ1) is 31.8. The van der Waals surface area contributed by atoms with Crippen LogP contribution in [0, 0.1) is 0 Å². The third kappa shape index (κ3) is 5.21. The summed E-state index contributed by atoms with van der Waals surface area (Å²) in [6.07, 6.45) is 0. The van der Waals surface area contributed by atoms with Crippen molar-refractivity contribution in [3.63, 3.8) is 0 Å². The van der Waals surface area contributed by atoms with E-state index in [4.69, 9.17) is 0 Å². The van der Waals surface area contributed by atoms with Crippen molar-refractivity contribution < 1.29 is 0 Å². The lowest BCUT2D eigenvalue weighted by atomic mass is 10.1. The topological polar surface area (TPSA) is 14.8 Å². The number of fused-ring (bicyclic) bond motifs is 9. The molecule has 0 saturated heterocycles. The Balaban J connectivity index is 1.19. The lowest BCUT2D eigenvalue weighted by molar-refractivity contribution is 1.13. The predicted octanol–water partition coefficient (Wildman–Crippen LogP) is 12.4. The second kappa shape index (κ2) is 14.5. The van der Waals surface area contributed by atoms with E-state index in [1.54, 1.807) is 0 Å². The predicted molar refractivity (Wildman–Crippen MR) is 273 cm³/mol. The highest BCUT2D eigenvalue weighted by molar-refractivity contribution is 7.20. The van der Waals surface area contributed by atoms with Gasteiger partial charge < -0.3 is 13.7 Å². The Morgan fingerprint density at radius 3 is 1.23 bits per heavy atom. The lowest BCUT2D eigenvalue weighted by Crippen LogP contribution is -2.75. The molecule has 3 aromatic heterocycles. The Hall–Kier alpha value is -8.18. The minimum atomic E-state index is -2.98. The minimum absolute atomic E-state index is 1.13. The Morgan fingerprint density at radius 2 is 0.672 bits per heavy atom. The van der Waals surface area contributed by atoms with E-state index in [2.05, 4.69) is 262 Å². The molecule has 0 atom stereocenters. The molecule has 3 nitrogen and oxygen atoms in total. The summed E-state index contributed by atoms with van der Waals surface area (Å²) in [6, 6.07) is 92.4. The maximum Gasteiger partial charge on any atom is 0.181 e. The maximum atomic E-state index is 2.60. The van der Waals surface area contributed by atoms with Crippen molar-refractivity contribution in [3.05, 3.63) is 249 Å². The zero-order chi connectivity index (χ0) is 42.2. The SMILES string of the molecule is c1ccc(-n2c3ccc(-n4c5ccccc5c5ccccc54)cc3c3cccc(-n4c5ccccc5c5cccc([Si](c6ccccc6)(c6ccccc6)c6ccccc6)c54)c32)cc1. The van der Waals surface area contributed by atoms with Gasteiger partial charge >= 0.3 is 0 Å². The van der Waals surface area contributed by atoms with Crippen molar-refractivity contribution in [2.45, 2.75) is 0 Å². The van der Waals surface area contributed by atoms with Crippen LogP contribution in [0.3, 0.4) is 0 Å². The molecular formula is C60H41N3Si. The first-order valence-electron chi connectivity index (χ1n) is 22.1. The molecule has 3 heterocycles. The van der Waals surface area contributed by atoms with Gasteiger partial charge in [0.2, 0.25) is 0 Å². The van der Waals surface area contributed by atoms with Crippen molar-refractivity contribution in [2.24, 2.45) is 0 Å². The standard InChI is InChI=1S/C60H41N3Si/c1-5-21-42(22-6-1)62-56-40-39-43(61-53-34-16-13-29-47(53)48-30-14-17-35-54(48)61)41-52(56)51-32-19-37-57(59(51)62)63-55-36-18-15-31-49(55)50-33-20-38-58(60(50)63)64(44-23-7-2-8-24-44,45-25-9-3-10-26-45)46-27-11-4-12-28-46/h1-41H. The van der Waals surface area contributed by atoms with Gasteiger partial charge in [-0.1, -0.05) is 194 Å². The first-order valence-corrected chi connectivity index (χ1v) is 24.1. The minimum Gasteiger partial charge on any atom is -0.309 e. The zero-order valence-electron chi connectivity index (χ0n) is 35.0. The summed E-state index contributed by atoms with van der Waals surface area (Å²) in [6.45, 7) is 0. The van der Waals surface area contributed by atoms with Crippen LogP contribution in [0.1, 0.15) is 0 Å². The number of para-hydroxylation sites is 6. The summed E-state index contributed by atoms with van der Waals surface area (Å²) >= 11 is 0. The first kappa shape index (κ1) is 36.5. The second-order valence-corrected chi connectivity index (χ2v) is 20.6. The molecule has 0 fully saturated rings. The molecule has 64 heavy (non-hydrogen) atoms. The van der Waals surface area contributed by atoms with E-state index in [0.29, 0.717) is 0 Å². The molecule has 0 saturated carbocycles. The maximum absolute atomic E-state index is 2.98. The highest BCUT2D eigenvalue weighted by Crippen LogP contribution is 2.41. The second-order valence-electron chi connectivity index (χ2n) is 16.8. The molecule has 10 aromatic carbocycles. The summed E-state index contributed by atoms with van der Waals surface area (Å²) in [7, 11) is -2.98. The van der Waals surface area contributed by atoms with Gasteiger partial charge in [-0.3, -0.25) is 0 Å². The van der Waals surface area contributed by atoms with Gasteiger partial charge in [-0.15, -0.1) is 0 Å². The third-order valence-corrected chi connectivity index (χ3v) is 18.4. The Kier molecular flexibility index (Phi) is 8.23. The van der Waals surface area contributed by atoms with Crippen LogP contribution in [0.5, 0.6) is 0 Å². The smallest absolute Gasteiger partial charge is 0.181 e. The van der Waals surface area contributed by atoms with Gasteiger partial charge in [0.25, 0.3) is 0 Å². The molecule has 0 aliphatic heterocycles. The van der Waals surface area contributed by atoms with Gasteiger partial charge in [-0.2, -0.15) is 0 Å². The van der Waals surface area contributed by atoms with E-state index in [0.717, 1.165) is 17.1 Å². The average molecular weight is 832 g/mol. The molecule has 0 aliphatic rings. The van der Waals surface area contributed by atoms with Crippen molar-refractivity contribution >= 4 is 94.2 Å². The van der Waals surface area contributed by atoms with Gasteiger partial charge in [0.1, 0.15) is 0 Å². The van der Waals surface area contributed by atoms with Crippen LogP contribution in [0.15, 0.2) is 249 Å². The average Bonchev–Trinajstić information content (AvgIpc) is 4.02. The van der Waals surface area contributed by atoms with Crippen molar-refractivity contribution in [1.29, 1.82) is 0 Å². The Labute approximate surface area is 372 Å². The highest BCUT2D eigenvalue weighted by Gasteiger charge is 2.43. The molecule has 0 amide bonds. The van der Waals surface area contributed by atoms with Crippen molar-refractivity contribution in [1.82, 2.24) is 13.7 Å². The molecule has 0 unspecified atom stereocenters. The summed E-state index contributed by atoms with van der Waals surface area (Å²) in [5, 5.41) is 12.8. The molecule has 4 heteroatoms. The number of rotatable bonds is 7. The summed E-state index contributed by atoms with van der Waals surface area (Å²) < 4.78 is 7.53. The summed E-state index contributed by atoms with van der Waals surface area (Å²) in [5.74, 6) is 0. The molecule has 0 N–H and O–H groups in total. The van der Waals surface area contributed by atoms with Crippen molar-refractivity contribution in [3.8, 4) is 17.1 Å². The highest BCUT2D eigenvalue weighted by atomic mass is 28.3. The number of nitrogens with zero attached hydrogens (tertiary/aromatic N) is 3. The lowest BCUT2D eigenvalue weighted by Gasteiger charge is -2.35. The number of benzene rings is 10. The van der Waals surface area contributed by atoms with E-state index < -0.39 is 8.07 Å². The van der Waals surface area contributed by atoms with Crippen molar-refractivity contribution in [2.75, 3.05) is 0 Å². The fraction of sp³-hybridized carbons (Fsp3) is 0. The molecule has 13 aromatic rings. The van der Waals surface area contributed by atoms with E-state index in [-0.39, 0.29) is 0 Å². The zero-order valence-corrected chi connectivity index (χ0v) is 36.0. The Morgan fingerprint density at radius 1 is 0.250 bits per heavy atom. The van der Waals surface area contributed by atoms with Crippen LogP contribution >= 0.6 is 0 Å². The molecule has 300 valence electrons. The van der Waals surface area contributed by atoms with Gasteiger partial charge in [0.05, 0.1) is 38.8 Å². The fourth-order valence-corrected chi connectivity index (χ4v) is 16.0. The van der Waals surface area contributed by atoms with Crippen LogP contribution < -0.4 is 20.7 Å². The van der Waals surface area contributed by atoms with Gasteiger partial charge in [-0.05, 0) is 75.3 Å². The molecule has 13 rings (SSSR count). The summed E-state index contributed by atoms with van der Waals surface area (Å²) in [5.41, 5.74) is 10.6. The van der Waals surface area contributed by atoms with Gasteiger partial charge in [0, 0.05) is 43.7 Å². The van der Waals surface area contributed by atoms with Crippen LogP contribution in [0.4, 0.5) is 0 Å². The molecular weight excluding hydrogens is 791 g/mol. The van der Waals surface area contributed by atoms with E-state index in [1.807, 2.05) is 0 Å². The van der Waals surface area contributed by atoms with Crippen LogP contribution in [0.25, 0.3) is 82.5 Å². The quantitative estimate of drug-likeness (QED) is 0.112. The Bertz CT molecular complexity index is 3730. The number of aromatic nitrogens is 3. The van der Waals surface area contributed by atoms with Crippen LogP contribution in [-0.4, -0.2) is 21.8 Å². The van der Waals surface area contributed by atoms with Gasteiger partial charge in [0.15, 0.2) is 8.07 Å². The van der Waals surface area contributed by atoms with Crippen LogP contribution in [0.2, 0.25) is 0 Å². The third-order valence-electron chi connectivity index (χ3n) is 13.6.